The number of amides is 1. The summed E-state index contributed by atoms with van der Waals surface area (Å²) < 4.78 is 37.3. The van der Waals surface area contributed by atoms with Crippen LogP contribution < -0.4 is 11.1 Å². The minimum atomic E-state index is -4.45. The maximum atomic E-state index is 12.4. The van der Waals surface area contributed by atoms with Gasteiger partial charge >= 0.3 is 6.18 Å². The van der Waals surface area contributed by atoms with Crippen LogP contribution in [0.5, 0.6) is 0 Å². The van der Waals surface area contributed by atoms with Gasteiger partial charge in [-0.05, 0) is 24.6 Å². The number of carbonyl (C=O) groups is 1. The number of alkyl halides is 3. The van der Waals surface area contributed by atoms with Crippen molar-refractivity contribution in [2.24, 2.45) is 5.73 Å². The first-order chi connectivity index (χ1) is 8.34. The van der Waals surface area contributed by atoms with E-state index in [1.54, 1.807) is 0 Å². The maximum absolute atomic E-state index is 12.4. The molecule has 0 aliphatic heterocycles. The summed E-state index contributed by atoms with van der Waals surface area (Å²) in [6.07, 6.45) is -3.76. The highest BCUT2D eigenvalue weighted by atomic mass is 19.4. The first kappa shape index (κ1) is 14.5. The molecule has 0 aliphatic carbocycles. The van der Waals surface area contributed by atoms with Gasteiger partial charge in [-0.3, -0.25) is 4.79 Å². The molecule has 1 aromatic rings. The summed E-state index contributed by atoms with van der Waals surface area (Å²) in [6.45, 7) is 2.10. The van der Waals surface area contributed by atoms with Gasteiger partial charge in [0.2, 0.25) is 0 Å². The van der Waals surface area contributed by atoms with Crippen LogP contribution in [-0.2, 0) is 6.18 Å². The zero-order valence-electron chi connectivity index (χ0n) is 9.92. The smallest absolute Gasteiger partial charge is 0.350 e. The molecule has 18 heavy (non-hydrogen) atoms. The Morgan fingerprint density at radius 1 is 1.44 bits per heavy atom. The zero-order chi connectivity index (χ0) is 13.8. The van der Waals surface area contributed by atoms with Gasteiger partial charge in [-0.2, -0.15) is 13.2 Å². The molecule has 1 amide bonds. The molecule has 0 saturated heterocycles. The number of halogens is 3. The lowest BCUT2D eigenvalue weighted by Crippen LogP contribution is -2.36. The molecule has 0 aromatic heterocycles. The summed E-state index contributed by atoms with van der Waals surface area (Å²) in [5.41, 5.74) is 4.75. The van der Waals surface area contributed by atoms with Crippen LogP contribution in [0.3, 0.4) is 0 Å². The van der Waals surface area contributed by atoms with Gasteiger partial charge in [0.1, 0.15) is 0 Å². The third-order valence-electron chi connectivity index (χ3n) is 2.50. The Balaban J connectivity index is 2.75. The van der Waals surface area contributed by atoms with E-state index < -0.39 is 17.6 Å². The zero-order valence-corrected chi connectivity index (χ0v) is 9.92. The monoisotopic (exact) mass is 260 g/mol. The van der Waals surface area contributed by atoms with E-state index >= 15 is 0 Å². The molecule has 0 heterocycles. The molecule has 0 fully saturated rings. The Kier molecular flexibility index (Phi) is 4.72. The number of nitrogens with one attached hydrogen (secondary N) is 1. The van der Waals surface area contributed by atoms with E-state index in [0.717, 1.165) is 12.1 Å². The average molecular weight is 260 g/mol. The van der Waals surface area contributed by atoms with Crippen molar-refractivity contribution in [2.75, 3.05) is 6.54 Å². The molecular formula is C12H15F3N2O. The Bertz CT molecular complexity index is 418. The highest BCUT2D eigenvalue weighted by Gasteiger charge is 2.30. The molecule has 1 unspecified atom stereocenters. The SMILES string of the molecule is CCC(N)CNC(=O)c1cccc(C(F)(F)F)c1. The molecule has 1 rings (SSSR count). The van der Waals surface area contributed by atoms with Crippen LogP contribution in [0, 0.1) is 0 Å². The van der Waals surface area contributed by atoms with Gasteiger partial charge in [0.05, 0.1) is 5.56 Å². The minimum Gasteiger partial charge on any atom is -0.350 e. The van der Waals surface area contributed by atoms with E-state index in [2.05, 4.69) is 5.32 Å². The van der Waals surface area contributed by atoms with E-state index in [1.807, 2.05) is 6.92 Å². The number of carbonyl (C=O) groups excluding carboxylic acids is 1. The van der Waals surface area contributed by atoms with Crippen LogP contribution in [0.2, 0.25) is 0 Å². The summed E-state index contributed by atoms with van der Waals surface area (Å²) >= 11 is 0. The van der Waals surface area contributed by atoms with Crippen molar-refractivity contribution in [2.45, 2.75) is 25.6 Å². The van der Waals surface area contributed by atoms with Crippen molar-refractivity contribution in [1.82, 2.24) is 5.32 Å². The van der Waals surface area contributed by atoms with Gasteiger partial charge in [-0.25, -0.2) is 0 Å². The predicted molar refractivity (Wildman–Crippen MR) is 62.0 cm³/mol. The molecule has 0 aliphatic rings. The number of nitrogens with two attached hydrogens (primary N) is 1. The molecule has 3 nitrogen and oxygen atoms in total. The molecule has 0 spiro atoms. The van der Waals surface area contributed by atoms with Crippen molar-refractivity contribution in [3.8, 4) is 0 Å². The van der Waals surface area contributed by atoms with E-state index in [-0.39, 0.29) is 18.2 Å². The fourth-order valence-electron chi connectivity index (χ4n) is 1.31. The fourth-order valence-corrected chi connectivity index (χ4v) is 1.31. The van der Waals surface area contributed by atoms with Crippen molar-refractivity contribution in [3.05, 3.63) is 35.4 Å². The number of hydrogen-bond acceptors (Lipinski definition) is 2. The van der Waals surface area contributed by atoms with Gasteiger partial charge in [0, 0.05) is 18.2 Å². The molecule has 1 atom stereocenters. The largest absolute Gasteiger partial charge is 0.416 e. The Morgan fingerprint density at radius 3 is 2.67 bits per heavy atom. The normalized spacial score (nSPS) is 13.2. The predicted octanol–water partition coefficient (Wildman–Crippen LogP) is 2.17. The van der Waals surface area contributed by atoms with Gasteiger partial charge < -0.3 is 11.1 Å². The lowest BCUT2D eigenvalue weighted by atomic mass is 10.1. The van der Waals surface area contributed by atoms with Crippen molar-refractivity contribution in [3.63, 3.8) is 0 Å². The topological polar surface area (TPSA) is 55.1 Å². The fraction of sp³-hybridized carbons (Fsp3) is 0.417. The molecular weight excluding hydrogens is 245 g/mol. The Morgan fingerprint density at radius 2 is 2.11 bits per heavy atom. The standard InChI is InChI=1S/C12H15F3N2O/c1-2-10(16)7-17-11(18)8-4-3-5-9(6-8)12(13,14)15/h3-6,10H,2,7,16H2,1H3,(H,17,18). The van der Waals surface area contributed by atoms with Crippen LogP contribution in [0.1, 0.15) is 29.3 Å². The minimum absolute atomic E-state index is 0.0203. The summed E-state index contributed by atoms with van der Waals surface area (Å²) in [5.74, 6) is -0.551. The van der Waals surface area contributed by atoms with Gasteiger partial charge in [0.15, 0.2) is 0 Å². The van der Waals surface area contributed by atoms with E-state index in [9.17, 15) is 18.0 Å². The van der Waals surface area contributed by atoms with Crippen molar-refractivity contribution >= 4 is 5.91 Å². The second kappa shape index (κ2) is 5.86. The average Bonchev–Trinajstić information content (AvgIpc) is 2.34. The second-order valence-electron chi connectivity index (χ2n) is 3.96. The summed E-state index contributed by atoms with van der Waals surface area (Å²) in [4.78, 5) is 11.6. The van der Waals surface area contributed by atoms with E-state index in [1.165, 1.54) is 12.1 Å². The molecule has 1 aromatic carbocycles. The van der Waals surface area contributed by atoms with Crippen molar-refractivity contribution < 1.29 is 18.0 Å². The van der Waals surface area contributed by atoms with Gasteiger partial charge in [0.25, 0.3) is 5.91 Å². The van der Waals surface area contributed by atoms with Crippen molar-refractivity contribution in [1.29, 1.82) is 0 Å². The van der Waals surface area contributed by atoms with Gasteiger partial charge in [-0.15, -0.1) is 0 Å². The first-order valence-corrected chi connectivity index (χ1v) is 5.55. The van der Waals surface area contributed by atoms with E-state index in [0.29, 0.717) is 6.42 Å². The Hall–Kier alpha value is -1.56. The summed E-state index contributed by atoms with van der Waals surface area (Å²) in [5, 5.41) is 2.50. The van der Waals surface area contributed by atoms with Crippen LogP contribution in [0.4, 0.5) is 13.2 Å². The lowest BCUT2D eigenvalue weighted by molar-refractivity contribution is -0.137. The molecule has 0 radical (unpaired) electrons. The second-order valence-corrected chi connectivity index (χ2v) is 3.96. The lowest BCUT2D eigenvalue weighted by Gasteiger charge is -2.11. The van der Waals surface area contributed by atoms with Crippen LogP contribution >= 0.6 is 0 Å². The molecule has 0 saturated carbocycles. The molecule has 3 N–H and O–H groups in total. The number of hydrogen-bond donors (Lipinski definition) is 2. The highest BCUT2D eigenvalue weighted by Crippen LogP contribution is 2.29. The Labute approximate surface area is 103 Å². The third-order valence-corrected chi connectivity index (χ3v) is 2.50. The molecule has 0 bridgehead atoms. The maximum Gasteiger partial charge on any atom is 0.416 e. The molecule has 100 valence electrons. The number of benzene rings is 1. The van der Waals surface area contributed by atoms with Gasteiger partial charge in [-0.1, -0.05) is 13.0 Å². The third kappa shape index (κ3) is 4.03. The van der Waals surface area contributed by atoms with Crippen LogP contribution in [-0.4, -0.2) is 18.5 Å². The van der Waals surface area contributed by atoms with Crippen LogP contribution in [0.15, 0.2) is 24.3 Å². The highest BCUT2D eigenvalue weighted by molar-refractivity contribution is 5.94. The number of rotatable bonds is 4. The quantitative estimate of drug-likeness (QED) is 0.871. The van der Waals surface area contributed by atoms with Crippen LogP contribution in [0.25, 0.3) is 0 Å². The summed E-state index contributed by atoms with van der Waals surface area (Å²) in [7, 11) is 0. The summed E-state index contributed by atoms with van der Waals surface area (Å²) in [6, 6.07) is 4.10. The first-order valence-electron chi connectivity index (χ1n) is 5.55. The van der Waals surface area contributed by atoms with E-state index in [4.69, 9.17) is 5.73 Å². The molecule has 6 heteroatoms.